The molecule has 0 aromatic carbocycles. The second-order valence-corrected chi connectivity index (χ2v) is 2.55. The van der Waals surface area contributed by atoms with Crippen molar-refractivity contribution in [1.82, 2.24) is 0 Å². The fraction of sp³-hybridized carbons (Fsp3) is 0.875. The van der Waals surface area contributed by atoms with Crippen LogP contribution >= 0.6 is 0 Å². The Morgan fingerprint density at radius 3 is 2.58 bits per heavy atom. The maximum Gasteiger partial charge on any atom is 2.00 e. The first-order valence-electron chi connectivity index (χ1n) is 4.03. The molecule has 0 rings (SSSR count). The van der Waals surface area contributed by atoms with Crippen molar-refractivity contribution in [3.05, 3.63) is 0 Å². The van der Waals surface area contributed by atoms with Crippen LogP contribution in [0.1, 0.15) is 36.0 Å². The zero-order chi connectivity index (χ0) is 8.69. The van der Waals surface area contributed by atoms with Crippen molar-refractivity contribution in [2.75, 3.05) is 6.61 Å². The van der Waals surface area contributed by atoms with E-state index in [1.54, 1.807) is 0 Å². The van der Waals surface area contributed by atoms with Gasteiger partial charge in [-0.25, -0.2) is 4.79 Å². The first-order valence-corrected chi connectivity index (χ1v) is 4.03. The topological polar surface area (TPSA) is 46.5 Å². The average molecular weight is 202 g/mol. The second kappa shape index (κ2) is 9.78. The van der Waals surface area contributed by atoms with E-state index in [9.17, 15) is 4.79 Å². The summed E-state index contributed by atoms with van der Waals surface area (Å²) in [4.78, 5) is 10.6. The van der Waals surface area contributed by atoms with Crippen molar-refractivity contribution in [2.24, 2.45) is 0 Å². The summed E-state index contributed by atoms with van der Waals surface area (Å²) >= 11 is 0. The number of esters is 1. The predicted molar refractivity (Wildman–Crippen MR) is 50.1 cm³/mol. The minimum Gasteiger partial charge on any atom is -1.00 e. The second-order valence-electron chi connectivity index (χ2n) is 2.55. The Hall–Kier alpha value is 0.690. The molecule has 0 aromatic heterocycles. The van der Waals surface area contributed by atoms with Gasteiger partial charge in [0.1, 0.15) is 6.10 Å². The third-order valence-electron chi connectivity index (χ3n) is 1.33. The van der Waals surface area contributed by atoms with Gasteiger partial charge in [-0.2, -0.15) is 0 Å². The zero-order valence-electron chi connectivity index (χ0n) is 9.88. The van der Waals surface area contributed by atoms with Gasteiger partial charge in [0.15, 0.2) is 0 Å². The van der Waals surface area contributed by atoms with Crippen LogP contribution in [0.25, 0.3) is 0 Å². The number of aliphatic hydroxyl groups is 1. The first-order chi connectivity index (χ1) is 5.18. The molecule has 0 fully saturated rings. The number of rotatable bonds is 5. The van der Waals surface area contributed by atoms with Crippen LogP contribution in [-0.4, -0.2) is 61.5 Å². The smallest absolute Gasteiger partial charge is 1.00 e. The van der Waals surface area contributed by atoms with Crippen LogP contribution in [0, 0.1) is 0 Å². The van der Waals surface area contributed by atoms with E-state index in [0.717, 1.165) is 19.3 Å². The summed E-state index contributed by atoms with van der Waals surface area (Å²) in [5.41, 5.74) is 0. The van der Waals surface area contributed by atoms with Gasteiger partial charge in [-0.15, -0.1) is 0 Å². The van der Waals surface area contributed by atoms with Crippen molar-refractivity contribution in [1.29, 1.82) is 0 Å². The molecule has 0 radical (unpaired) electrons. The molecule has 0 bridgehead atoms. The van der Waals surface area contributed by atoms with E-state index in [2.05, 4.69) is 6.92 Å². The maximum absolute atomic E-state index is 10.6. The van der Waals surface area contributed by atoms with Gasteiger partial charge in [0.25, 0.3) is 0 Å². The number of aliphatic hydroxyl groups excluding tert-OH is 1. The molecular weight excluding hydrogens is 184 g/mol. The van der Waals surface area contributed by atoms with Gasteiger partial charge in [0.05, 0.1) is 6.61 Å². The summed E-state index contributed by atoms with van der Waals surface area (Å²) in [6.45, 7) is 3.91. The number of ether oxygens (including phenoxy) is 1. The fourth-order valence-corrected chi connectivity index (χ4v) is 0.645. The van der Waals surface area contributed by atoms with Gasteiger partial charge in [0.2, 0.25) is 0 Å². The predicted octanol–water partition coefficient (Wildman–Crippen LogP) is 0.945. The standard InChI is InChI=1S/C8H16O3.Ca.2H/c1-3-4-5-6-11-8(10)7(2)9;;;/h7,9H,3-6H2,1-2H3;;;/q;+2;2*-1. The third kappa shape index (κ3) is 8.78. The summed E-state index contributed by atoms with van der Waals surface area (Å²) in [5, 5.41) is 8.70. The Labute approximate surface area is 106 Å². The van der Waals surface area contributed by atoms with E-state index in [0.29, 0.717) is 6.61 Å². The monoisotopic (exact) mass is 202 g/mol. The van der Waals surface area contributed by atoms with E-state index in [1.807, 2.05) is 0 Å². The van der Waals surface area contributed by atoms with E-state index < -0.39 is 12.1 Å². The molecule has 0 heterocycles. The Balaban J connectivity index is -0.000000167. The molecule has 0 saturated carbocycles. The molecular formula is C8H18CaO3. The molecule has 3 nitrogen and oxygen atoms in total. The molecule has 1 unspecified atom stereocenters. The van der Waals surface area contributed by atoms with E-state index in [1.165, 1.54) is 6.92 Å². The summed E-state index contributed by atoms with van der Waals surface area (Å²) < 4.78 is 4.72. The Kier molecular flexibility index (Phi) is 12.4. The molecule has 0 aliphatic carbocycles. The van der Waals surface area contributed by atoms with E-state index in [4.69, 9.17) is 9.84 Å². The molecule has 0 aliphatic rings. The van der Waals surface area contributed by atoms with Crippen LogP contribution in [0.15, 0.2) is 0 Å². The molecule has 0 saturated heterocycles. The summed E-state index contributed by atoms with van der Waals surface area (Å²) in [7, 11) is 0. The Morgan fingerprint density at radius 2 is 2.17 bits per heavy atom. The first kappa shape index (κ1) is 15.2. The summed E-state index contributed by atoms with van der Waals surface area (Å²) in [6.07, 6.45) is 2.06. The van der Waals surface area contributed by atoms with Crippen molar-refractivity contribution >= 4 is 43.7 Å². The number of unbranched alkanes of at least 4 members (excludes halogenated alkanes) is 2. The minimum absolute atomic E-state index is 0. The van der Waals surface area contributed by atoms with Crippen molar-refractivity contribution in [3.8, 4) is 0 Å². The fourth-order valence-electron chi connectivity index (χ4n) is 0.645. The molecule has 1 atom stereocenters. The van der Waals surface area contributed by atoms with Gasteiger partial charge in [-0.1, -0.05) is 19.8 Å². The van der Waals surface area contributed by atoms with Crippen LogP contribution in [0.2, 0.25) is 0 Å². The number of hydrogen-bond acceptors (Lipinski definition) is 3. The molecule has 0 aromatic rings. The van der Waals surface area contributed by atoms with Crippen LogP contribution in [-0.2, 0) is 9.53 Å². The molecule has 4 heteroatoms. The van der Waals surface area contributed by atoms with Gasteiger partial charge in [-0.05, 0) is 13.3 Å². The molecule has 0 spiro atoms. The number of carbonyl (C=O) groups excluding carboxylic acids is 1. The van der Waals surface area contributed by atoms with Crippen molar-refractivity contribution < 1.29 is 17.5 Å². The Morgan fingerprint density at radius 1 is 1.58 bits per heavy atom. The average Bonchev–Trinajstić information content (AvgIpc) is 1.97. The van der Waals surface area contributed by atoms with Crippen LogP contribution in [0.5, 0.6) is 0 Å². The van der Waals surface area contributed by atoms with Crippen molar-refractivity contribution in [3.63, 3.8) is 0 Å². The number of carbonyl (C=O) groups is 1. The van der Waals surface area contributed by atoms with Crippen LogP contribution in [0.4, 0.5) is 0 Å². The molecule has 0 aliphatic heterocycles. The molecule has 1 N–H and O–H groups in total. The molecule has 12 heavy (non-hydrogen) atoms. The maximum atomic E-state index is 10.6. The SMILES string of the molecule is CCCCCOC(=O)C(C)O.[Ca+2].[H-].[H-]. The zero-order valence-corrected chi connectivity index (χ0v) is 10.1. The van der Waals surface area contributed by atoms with E-state index >= 15 is 0 Å². The minimum atomic E-state index is -0.989. The quantitative estimate of drug-likeness (QED) is 0.410. The van der Waals surface area contributed by atoms with Crippen LogP contribution < -0.4 is 0 Å². The summed E-state index contributed by atoms with van der Waals surface area (Å²) in [6, 6.07) is 0. The largest absolute Gasteiger partial charge is 2.00 e. The molecule has 0 amide bonds. The van der Waals surface area contributed by atoms with Gasteiger partial charge >= 0.3 is 43.7 Å². The van der Waals surface area contributed by atoms with Crippen molar-refractivity contribution in [2.45, 2.75) is 39.2 Å². The van der Waals surface area contributed by atoms with Gasteiger partial charge in [-0.3, -0.25) is 0 Å². The summed E-state index contributed by atoms with van der Waals surface area (Å²) in [5.74, 6) is -0.527. The van der Waals surface area contributed by atoms with Crippen LogP contribution in [0.3, 0.4) is 0 Å². The van der Waals surface area contributed by atoms with E-state index in [-0.39, 0.29) is 40.6 Å². The Bertz CT molecular complexity index is 123. The molecule has 70 valence electrons. The van der Waals surface area contributed by atoms with Gasteiger partial charge < -0.3 is 12.7 Å². The third-order valence-corrected chi connectivity index (χ3v) is 1.33. The number of hydrogen-bond donors (Lipinski definition) is 1. The van der Waals surface area contributed by atoms with Gasteiger partial charge in [0, 0.05) is 0 Å². The normalized spacial score (nSPS) is 11.6.